The molecule has 3 rings (SSSR count). The topological polar surface area (TPSA) is 75.2 Å². The van der Waals surface area contributed by atoms with Gasteiger partial charge in [0.05, 0.1) is 5.56 Å². The summed E-state index contributed by atoms with van der Waals surface area (Å²) in [6.45, 7) is 0. The third kappa shape index (κ3) is 5.75. The summed E-state index contributed by atoms with van der Waals surface area (Å²) in [5.74, 6) is -0.562. The molecule has 1 N–H and O–H groups in total. The number of halogens is 3. The molecule has 0 aliphatic rings. The standard InChI is InChI=1S/C22H17F3N4O2/c1-29(18-7-3-6-17(13-18)22(23,24)25)21(31)16-5-2-4-15(12-16)8-9-20(30)28-19-10-11-26-14-27-19/h2-14H,1H3,(H,26,27,28,30). The minimum atomic E-state index is -4.50. The number of hydrogen-bond donors (Lipinski definition) is 1. The van der Waals surface area contributed by atoms with Crippen molar-refractivity contribution in [1.29, 1.82) is 0 Å². The van der Waals surface area contributed by atoms with Gasteiger partial charge in [0.2, 0.25) is 5.91 Å². The molecule has 9 heteroatoms. The van der Waals surface area contributed by atoms with E-state index in [1.165, 1.54) is 49.9 Å². The van der Waals surface area contributed by atoms with Crippen LogP contribution in [-0.2, 0) is 11.0 Å². The van der Waals surface area contributed by atoms with Crippen LogP contribution in [0.3, 0.4) is 0 Å². The van der Waals surface area contributed by atoms with Crippen LogP contribution in [0, 0.1) is 0 Å². The quantitative estimate of drug-likeness (QED) is 0.613. The molecule has 0 unspecified atom stereocenters. The highest BCUT2D eigenvalue weighted by Crippen LogP contribution is 2.31. The summed E-state index contributed by atoms with van der Waals surface area (Å²) in [6.07, 6.45) is 1.08. The number of alkyl halides is 3. The number of carbonyl (C=O) groups is 2. The Bertz CT molecular complexity index is 1110. The molecular weight excluding hydrogens is 409 g/mol. The molecule has 0 spiro atoms. The summed E-state index contributed by atoms with van der Waals surface area (Å²) in [7, 11) is 1.40. The first kappa shape index (κ1) is 21.7. The number of nitrogens with zero attached hydrogens (tertiary/aromatic N) is 3. The van der Waals surface area contributed by atoms with E-state index in [9.17, 15) is 22.8 Å². The van der Waals surface area contributed by atoms with E-state index in [0.29, 0.717) is 11.4 Å². The van der Waals surface area contributed by atoms with Crippen LogP contribution in [0.5, 0.6) is 0 Å². The van der Waals surface area contributed by atoms with Gasteiger partial charge in [-0.25, -0.2) is 9.97 Å². The maximum absolute atomic E-state index is 12.9. The summed E-state index contributed by atoms with van der Waals surface area (Å²) in [5, 5.41) is 2.56. The lowest BCUT2D eigenvalue weighted by atomic mass is 10.1. The fraction of sp³-hybridized carbons (Fsp3) is 0.0909. The maximum Gasteiger partial charge on any atom is 0.416 e. The maximum atomic E-state index is 12.9. The van der Waals surface area contributed by atoms with Crippen molar-refractivity contribution in [3.8, 4) is 0 Å². The van der Waals surface area contributed by atoms with Crippen molar-refractivity contribution in [1.82, 2.24) is 9.97 Å². The van der Waals surface area contributed by atoms with Crippen LogP contribution in [-0.4, -0.2) is 28.8 Å². The van der Waals surface area contributed by atoms with Gasteiger partial charge in [0.15, 0.2) is 0 Å². The number of aromatic nitrogens is 2. The molecule has 0 aliphatic carbocycles. The Hall–Kier alpha value is -4.01. The van der Waals surface area contributed by atoms with Crippen LogP contribution in [0.2, 0.25) is 0 Å². The lowest BCUT2D eigenvalue weighted by Gasteiger charge is -2.19. The Morgan fingerprint density at radius 2 is 1.84 bits per heavy atom. The Morgan fingerprint density at radius 1 is 1.06 bits per heavy atom. The minimum Gasteiger partial charge on any atom is -0.311 e. The first-order valence-electron chi connectivity index (χ1n) is 9.04. The summed E-state index contributed by atoms with van der Waals surface area (Å²) in [4.78, 5) is 33.5. The molecular formula is C22H17F3N4O2. The van der Waals surface area contributed by atoms with Gasteiger partial charge in [-0.3, -0.25) is 9.59 Å². The Balaban J connectivity index is 1.73. The van der Waals surface area contributed by atoms with E-state index < -0.39 is 23.6 Å². The van der Waals surface area contributed by atoms with Crippen molar-refractivity contribution < 1.29 is 22.8 Å². The molecule has 3 aromatic rings. The van der Waals surface area contributed by atoms with E-state index in [4.69, 9.17) is 0 Å². The number of hydrogen-bond acceptors (Lipinski definition) is 4. The van der Waals surface area contributed by atoms with Gasteiger partial charge in [0, 0.05) is 30.6 Å². The van der Waals surface area contributed by atoms with Gasteiger partial charge in [-0.15, -0.1) is 0 Å². The van der Waals surface area contributed by atoms with Crippen LogP contribution < -0.4 is 10.2 Å². The Kier molecular flexibility index (Phi) is 6.44. The van der Waals surface area contributed by atoms with Gasteiger partial charge in [0.1, 0.15) is 12.1 Å². The second kappa shape index (κ2) is 9.21. The van der Waals surface area contributed by atoms with Gasteiger partial charge >= 0.3 is 6.18 Å². The third-order valence-electron chi connectivity index (χ3n) is 4.26. The smallest absolute Gasteiger partial charge is 0.311 e. The Morgan fingerprint density at radius 3 is 2.55 bits per heavy atom. The zero-order valence-electron chi connectivity index (χ0n) is 16.3. The van der Waals surface area contributed by atoms with Gasteiger partial charge in [-0.1, -0.05) is 18.2 Å². The normalized spacial score (nSPS) is 11.4. The molecule has 0 fully saturated rings. The van der Waals surface area contributed by atoms with Crippen LogP contribution >= 0.6 is 0 Å². The summed E-state index contributed by atoms with van der Waals surface area (Å²) >= 11 is 0. The van der Waals surface area contributed by atoms with E-state index in [-0.39, 0.29) is 11.3 Å². The fourth-order valence-electron chi connectivity index (χ4n) is 2.68. The van der Waals surface area contributed by atoms with Gasteiger partial charge in [-0.05, 0) is 48.0 Å². The molecule has 1 heterocycles. The summed E-state index contributed by atoms with van der Waals surface area (Å²) in [6, 6.07) is 12.5. The van der Waals surface area contributed by atoms with E-state index in [0.717, 1.165) is 17.0 Å². The minimum absolute atomic E-state index is 0.116. The third-order valence-corrected chi connectivity index (χ3v) is 4.26. The van der Waals surface area contributed by atoms with Crippen LogP contribution in [0.25, 0.3) is 6.08 Å². The molecule has 158 valence electrons. The van der Waals surface area contributed by atoms with Gasteiger partial charge in [0.25, 0.3) is 5.91 Å². The highest BCUT2D eigenvalue weighted by atomic mass is 19.4. The predicted octanol–water partition coefficient (Wildman–Crippen LogP) is 4.42. The molecule has 31 heavy (non-hydrogen) atoms. The number of rotatable bonds is 5. The first-order valence-corrected chi connectivity index (χ1v) is 9.04. The molecule has 0 saturated heterocycles. The fourth-order valence-corrected chi connectivity index (χ4v) is 2.68. The largest absolute Gasteiger partial charge is 0.416 e. The van der Waals surface area contributed by atoms with E-state index in [1.807, 2.05) is 0 Å². The number of nitrogens with one attached hydrogen (secondary N) is 1. The van der Waals surface area contributed by atoms with Crippen LogP contribution in [0.15, 0.2) is 73.2 Å². The zero-order chi connectivity index (χ0) is 22.4. The lowest BCUT2D eigenvalue weighted by Crippen LogP contribution is -2.26. The van der Waals surface area contributed by atoms with Crippen LogP contribution in [0.4, 0.5) is 24.7 Å². The number of amides is 2. The van der Waals surface area contributed by atoms with E-state index in [1.54, 1.807) is 24.3 Å². The van der Waals surface area contributed by atoms with Gasteiger partial charge in [-0.2, -0.15) is 13.2 Å². The van der Waals surface area contributed by atoms with Crippen molar-refractivity contribution in [3.05, 3.63) is 89.9 Å². The second-order valence-electron chi connectivity index (χ2n) is 6.45. The molecule has 1 aromatic heterocycles. The van der Waals surface area contributed by atoms with Crippen LogP contribution in [0.1, 0.15) is 21.5 Å². The molecule has 0 radical (unpaired) electrons. The Labute approximate surface area is 176 Å². The number of carbonyl (C=O) groups excluding carboxylic acids is 2. The lowest BCUT2D eigenvalue weighted by molar-refractivity contribution is -0.137. The first-order chi connectivity index (χ1) is 14.7. The SMILES string of the molecule is CN(C(=O)c1cccc(C=CC(=O)Nc2ccncn2)c1)c1cccc(C(F)(F)F)c1. The van der Waals surface area contributed by atoms with Crippen molar-refractivity contribution in [3.63, 3.8) is 0 Å². The monoisotopic (exact) mass is 426 g/mol. The van der Waals surface area contributed by atoms with E-state index in [2.05, 4.69) is 15.3 Å². The van der Waals surface area contributed by atoms with Gasteiger partial charge < -0.3 is 10.2 Å². The van der Waals surface area contributed by atoms with Crippen molar-refractivity contribution >= 4 is 29.4 Å². The highest BCUT2D eigenvalue weighted by molar-refractivity contribution is 6.06. The number of benzene rings is 2. The van der Waals surface area contributed by atoms with E-state index >= 15 is 0 Å². The summed E-state index contributed by atoms with van der Waals surface area (Å²) in [5.41, 5.74) is 0.112. The average Bonchev–Trinajstić information content (AvgIpc) is 2.77. The predicted molar refractivity (Wildman–Crippen MR) is 110 cm³/mol. The molecule has 2 amide bonds. The molecule has 2 aromatic carbocycles. The number of anilines is 2. The molecule has 0 saturated carbocycles. The highest BCUT2D eigenvalue weighted by Gasteiger charge is 2.31. The van der Waals surface area contributed by atoms with Crippen molar-refractivity contribution in [2.75, 3.05) is 17.3 Å². The zero-order valence-corrected chi connectivity index (χ0v) is 16.3. The molecule has 0 bridgehead atoms. The van der Waals surface area contributed by atoms with Crippen molar-refractivity contribution in [2.45, 2.75) is 6.18 Å². The molecule has 0 atom stereocenters. The molecule has 6 nitrogen and oxygen atoms in total. The van der Waals surface area contributed by atoms with Crippen molar-refractivity contribution in [2.24, 2.45) is 0 Å². The molecule has 0 aliphatic heterocycles. The summed E-state index contributed by atoms with van der Waals surface area (Å²) < 4.78 is 38.8. The average molecular weight is 426 g/mol. The second-order valence-corrected chi connectivity index (χ2v) is 6.45.